The first-order chi connectivity index (χ1) is 9.11. The van der Waals surface area contributed by atoms with Crippen LogP contribution in [0.15, 0.2) is 18.2 Å². The average Bonchev–Trinajstić information content (AvgIpc) is 2.32. The van der Waals surface area contributed by atoms with Crippen molar-refractivity contribution in [3.8, 4) is 0 Å². The zero-order valence-electron chi connectivity index (χ0n) is 10.8. The third kappa shape index (κ3) is 2.85. The fourth-order valence-electron chi connectivity index (χ4n) is 2.13. The zero-order valence-corrected chi connectivity index (χ0v) is 11.6. The zero-order chi connectivity index (χ0) is 15.1. The number of rotatable bonds is 1. The van der Waals surface area contributed by atoms with E-state index < -0.39 is 29.3 Å². The summed E-state index contributed by atoms with van der Waals surface area (Å²) in [5, 5.41) is 2.71. The summed E-state index contributed by atoms with van der Waals surface area (Å²) in [6.07, 6.45) is -5.12. The predicted molar refractivity (Wildman–Crippen MR) is 67.5 cm³/mol. The summed E-state index contributed by atoms with van der Waals surface area (Å²) in [5.74, 6) is 0. The SMILES string of the molecule is CC1(C)COC(=O)N[C@@H]1c1cc(C(F)(F)F)ccc1Cl. The van der Waals surface area contributed by atoms with E-state index in [1.807, 2.05) is 0 Å². The number of carbonyl (C=O) groups is 1. The smallest absolute Gasteiger partial charge is 0.416 e. The molecule has 3 nitrogen and oxygen atoms in total. The molecule has 0 unspecified atom stereocenters. The molecule has 1 fully saturated rings. The van der Waals surface area contributed by atoms with Crippen molar-refractivity contribution >= 4 is 17.7 Å². The van der Waals surface area contributed by atoms with Gasteiger partial charge in [0.15, 0.2) is 0 Å². The normalized spacial score (nSPS) is 22.1. The van der Waals surface area contributed by atoms with Gasteiger partial charge in [0.2, 0.25) is 0 Å². The molecule has 0 aliphatic carbocycles. The van der Waals surface area contributed by atoms with Crippen molar-refractivity contribution in [3.05, 3.63) is 34.3 Å². The van der Waals surface area contributed by atoms with E-state index in [0.29, 0.717) is 0 Å². The van der Waals surface area contributed by atoms with E-state index in [-0.39, 0.29) is 17.2 Å². The number of alkyl carbamates (subject to hydrolysis) is 1. The Morgan fingerprint density at radius 3 is 2.65 bits per heavy atom. The van der Waals surface area contributed by atoms with Crippen molar-refractivity contribution in [1.29, 1.82) is 0 Å². The lowest BCUT2D eigenvalue weighted by Gasteiger charge is -2.39. The molecule has 1 saturated heterocycles. The molecular formula is C13H13ClF3NO2. The lowest BCUT2D eigenvalue weighted by Crippen LogP contribution is -2.47. The standard InChI is InChI=1S/C13H13ClF3NO2/c1-12(2)6-20-11(19)18-10(12)8-5-7(13(15,16)17)3-4-9(8)14/h3-5,10H,6H2,1-2H3,(H,18,19)/t10-/m1/s1. The van der Waals surface area contributed by atoms with Gasteiger partial charge >= 0.3 is 12.3 Å². The molecule has 1 N–H and O–H groups in total. The Labute approximate surface area is 119 Å². The summed E-state index contributed by atoms with van der Waals surface area (Å²) >= 11 is 6.00. The number of nitrogens with one attached hydrogen (secondary N) is 1. The number of cyclic esters (lactones) is 1. The van der Waals surface area contributed by atoms with Crippen LogP contribution in [0.4, 0.5) is 18.0 Å². The molecule has 2 rings (SSSR count). The molecule has 110 valence electrons. The minimum absolute atomic E-state index is 0.107. The van der Waals surface area contributed by atoms with Gasteiger partial charge in [0.05, 0.1) is 11.6 Å². The molecule has 1 aliphatic rings. The van der Waals surface area contributed by atoms with Crippen LogP contribution in [-0.4, -0.2) is 12.7 Å². The van der Waals surface area contributed by atoms with E-state index >= 15 is 0 Å². The van der Waals surface area contributed by atoms with Crippen molar-refractivity contribution in [3.63, 3.8) is 0 Å². The predicted octanol–water partition coefficient (Wildman–Crippen LogP) is 4.17. The van der Waals surface area contributed by atoms with Crippen LogP contribution in [0, 0.1) is 5.41 Å². The third-order valence-corrected chi connectivity index (χ3v) is 3.60. The number of ether oxygens (including phenoxy) is 1. The highest BCUT2D eigenvalue weighted by Crippen LogP contribution is 2.41. The summed E-state index contributed by atoms with van der Waals surface area (Å²) in [7, 11) is 0. The molecule has 1 atom stereocenters. The van der Waals surface area contributed by atoms with Gasteiger partial charge in [-0.05, 0) is 23.8 Å². The lowest BCUT2D eigenvalue weighted by atomic mass is 9.80. The first-order valence-electron chi connectivity index (χ1n) is 5.91. The summed E-state index contributed by atoms with van der Waals surface area (Å²) in [4.78, 5) is 11.3. The molecule has 0 spiro atoms. The monoisotopic (exact) mass is 307 g/mol. The molecule has 20 heavy (non-hydrogen) atoms. The summed E-state index contributed by atoms with van der Waals surface area (Å²) < 4.78 is 43.2. The van der Waals surface area contributed by atoms with Crippen molar-refractivity contribution in [2.45, 2.75) is 26.1 Å². The Hall–Kier alpha value is -1.43. The number of hydrogen-bond donors (Lipinski definition) is 1. The second-order valence-electron chi connectivity index (χ2n) is 5.38. The first kappa shape index (κ1) is 15.0. The number of carbonyl (C=O) groups excluding carboxylic acids is 1. The second-order valence-corrected chi connectivity index (χ2v) is 5.78. The van der Waals surface area contributed by atoms with E-state index in [9.17, 15) is 18.0 Å². The fourth-order valence-corrected chi connectivity index (χ4v) is 2.36. The highest BCUT2D eigenvalue weighted by atomic mass is 35.5. The van der Waals surface area contributed by atoms with Crippen LogP contribution in [-0.2, 0) is 10.9 Å². The van der Waals surface area contributed by atoms with E-state index in [1.54, 1.807) is 13.8 Å². The topological polar surface area (TPSA) is 38.3 Å². The molecular weight excluding hydrogens is 295 g/mol. The Morgan fingerprint density at radius 1 is 1.40 bits per heavy atom. The van der Waals surface area contributed by atoms with E-state index in [2.05, 4.69) is 5.32 Å². The van der Waals surface area contributed by atoms with Gasteiger partial charge in [0, 0.05) is 10.4 Å². The van der Waals surface area contributed by atoms with Gasteiger partial charge in [-0.15, -0.1) is 0 Å². The second kappa shape index (κ2) is 4.84. The number of alkyl halides is 3. The van der Waals surface area contributed by atoms with Crippen LogP contribution in [0.2, 0.25) is 5.02 Å². The molecule has 1 aromatic rings. The van der Waals surface area contributed by atoms with Crippen molar-refractivity contribution in [1.82, 2.24) is 5.32 Å². The maximum absolute atomic E-state index is 12.8. The van der Waals surface area contributed by atoms with Crippen molar-refractivity contribution in [2.24, 2.45) is 5.41 Å². The first-order valence-corrected chi connectivity index (χ1v) is 6.29. The number of hydrogen-bond acceptors (Lipinski definition) is 2. The van der Waals surface area contributed by atoms with E-state index in [0.717, 1.165) is 12.1 Å². The summed E-state index contributed by atoms with van der Waals surface area (Å²) in [5.41, 5.74) is -1.13. The van der Waals surface area contributed by atoms with Gasteiger partial charge in [-0.1, -0.05) is 25.4 Å². The van der Waals surface area contributed by atoms with Crippen LogP contribution < -0.4 is 5.32 Å². The minimum atomic E-state index is -4.46. The molecule has 1 heterocycles. The van der Waals surface area contributed by atoms with Crippen molar-refractivity contribution < 1.29 is 22.7 Å². The van der Waals surface area contributed by atoms with Crippen LogP contribution >= 0.6 is 11.6 Å². The Kier molecular flexibility index (Phi) is 3.62. The average molecular weight is 308 g/mol. The summed E-state index contributed by atoms with van der Waals surface area (Å²) in [6.45, 7) is 3.68. The van der Waals surface area contributed by atoms with Gasteiger partial charge < -0.3 is 10.1 Å². The fraction of sp³-hybridized carbons (Fsp3) is 0.462. The van der Waals surface area contributed by atoms with Gasteiger partial charge in [0.1, 0.15) is 6.61 Å². The lowest BCUT2D eigenvalue weighted by molar-refractivity contribution is -0.137. The highest BCUT2D eigenvalue weighted by Gasteiger charge is 2.40. The molecule has 0 aromatic heterocycles. The number of amides is 1. The molecule has 7 heteroatoms. The molecule has 0 radical (unpaired) electrons. The van der Waals surface area contributed by atoms with E-state index in [1.165, 1.54) is 6.07 Å². The van der Waals surface area contributed by atoms with Crippen LogP contribution in [0.1, 0.15) is 31.0 Å². The maximum atomic E-state index is 12.8. The van der Waals surface area contributed by atoms with E-state index in [4.69, 9.17) is 16.3 Å². The molecule has 0 saturated carbocycles. The molecule has 1 amide bonds. The van der Waals surface area contributed by atoms with Gasteiger partial charge in [0.25, 0.3) is 0 Å². The van der Waals surface area contributed by atoms with Crippen LogP contribution in [0.3, 0.4) is 0 Å². The maximum Gasteiger partial charge on any atom is 0.416 e. The van der Waals surface area contributed by atoms with Crippen LogP contribution in [0.25, 0.3) is 0 Å². The van der Waals surface area contributed by atoms with Crippen molar-refractivity contribution in [2.75, 3.05) is 6.61 Å². The van der Waals surface area contributed by atoms with Gasteiger partial charge in [-0.3, -0.25) is 0 Å². The molecule has 1 aromatic carbocycles. The van der Waals surface area contributed by atoms with Gasteiger partial charge in [-0.25, -0.2) is 4.79 Å². The molecule has 1 aliphatic heterocycles. The Bertz CT molecular complexity index is 543. The summed E-state index contributed by atoms with van der Waals surface area (Å²) in [6, 6.07) is 2.44. The van der Waals surface area contributed by atoms with Crippen LogP contribution in [0.5, 0.6) is 0 Å². The Balaban J connectivity index is 2.47. The molecule has 0 bridgehead atoms. The Morgan fingerprint density at radius 2 is 2.05 bits per heavy atom. The largest absolute Gasteiger partial charge is 0.449 e. The minimum Gasteiger partial charge on any atom is -0.449 e. The van der Waals surface area contributed by atoms with Gasteiger partial charge in [-0.2, -0.15) is 13.2 Å². The quantitative estimate of drug-likeness (QED) is 0.846. The number of benzene rings is 1. The number of halogens is 4. The third-order valence-electron chi connectivity index (χ3n) is 3.25. The highest BCUT2D eigenvalue weighted by molar-refractivity contribution is 6.31.